The number of carboxylic acid groups (broad SMARTS) is 1. The van der Waals surface area contributed by atoms with Gasteiger partial charge in [0.2, 0.25) is 0 Å². The molecule has 6 heteroatoms. The van der Waals surface area contributed by atoms with Crippen LogP contribution >= 0.6 is 0 Å². The molecule has 110 valence electrons. The standard InChI is InChI=1S/C14H19FN2O3/c1-9-2-5-14(20,6-3-9)8-17-12-11(15)10(13(18)19)4-7-16-12/h4,7,9,20H,2-3,5-6,8H2,1H3,(H,16,17)(H,18,19). The molecular formula is C14H19FN2O3. The van der Waals surface area contributed by atoms with Crippen LogP contribution in [0.5, 0.6) is 0 Å². The number of anilines is 1. The average molecular weight is 282 g/mol. The van der Waals surface area contributed by atoms with Crippen LogP contribution < -0.4 is 5.32 Å². The number of aromatic nitrogens is 1. The van der Waals surface area contributed by atoms with E-state index in [0.717, 1.165) is 18.9 Å². The smallest absolute Gasteiger partial charge is 0.338 e. The third-order valence-electron chi connectivity index (χ3n) is 3.91. The van der Waals surface area contributed by atoms with Crippen molar-refractivity contribution in [1.82, 2.24) is 4.98 Å². The Bertz CT molecular complexity index is 499. The lowest BCUT2D eigenvalue weighted by Gasteiger charge is -2.35. The first-order valence-corrected chi connectivity index (χ1v) is 6.75. The zero-order chi connectivity index (χ0) is 14.8. The fourth-order valence-corrected chi connectivity index (χ4v) is 2.46. The van der Waals surface area contributed by atoms with Crippen molar-refractivity contribution in [3.63, 3.8) is 0 Å². The van der Waals surface area contributed by atoms with E-state index >= 15 is 0 Å². The van der Waals surface area contributed by atoms with Gasteiger partial charge in [0.15, 0.2) is 11.6 Å². The van der Waals surface area contributed by atoms with Crippen LogP contribution in [-0.4, -0.2) is 33.3 Å². The Balaban J connectivity index is 2.04. The van der Waals surface area contributed by atoms with E-state index in [9.17, 15) is 14.3 Å². The van der Waals surface area contributed by atoms with E-state index in [1.807, 2.05) is 0 Å². The summed E-state index contributed by atoms with van der Waals surface area (Å²) in [6, 6.07) is 1.11. The second-order valence-corrected chi connectivity index (χ2v) is 5.59. The van der Waals surface area contributed by atoms with Crippen LogP contribution in [0.3, 0.4) is 0 Å². The summed E-state index contributed by atoms with van der Waals surface area (Å²) >= 11 is 0. The molecule has 1 heterocycles. The summed E-state index contributed by atoms with van der Waals surface area (Å²) in [5.41, 5.74) is -1.30. The summed E-state index contributed by atoms with van der Waals surface area (Å²) in [6.45, 7) is 2.32. The van der Waals surface area contributed by atoms with Gasteiger partial charge in [0.05, 0.1) is 5.60 Å². The average Bonchev–Trinajstić information content (AvgIpc) is 2.41. The Morgan fingerprint density at radius 3 is 2.80 bits per heavy atom. The predicted octanol–water partition coefficient (Wildman–Crippen LogP) is 2.27. The molecule has 0 spiro atoms. The minimum absolute atomic E-state index is 0.128. The Labute approximate surface area is 116 Å². The molecular weight excluding hydrogens is 263 g/mol. The molecule has 5 nitrogen and oxygen atoms in total. The molecule has 1 aromatic rings. The first kappa shape index (κ1) is 14.7. The van der Waals surface area contributed by atoms with Gasteiger partial charge >= 0.3 is 5.97 Å². The van der Waals surface area contributed by atoms with Crippen molar-refractivity contribution in [1.29, 1.82) is 0 Å². The van der Waals surface area contributed by atoms with E-state index in [1.54, 1.807) is 0 Å². The molecule has 0 saturated heterocycles. The number of hydrogen-bond donors (Lipinski definition) is 3. The lowest BCUT2D eigenvalue weighted by atomic mass is 9.79. The monoisotopic (exact) mass is 282 g/mol. The van der Waals surface area contributed by atoms with Crippen LogP contribution in [0, 0.1) is 11.7 Å². The van der Waals surface area contributed by atoms with Crippen molar-refractivity contribution in [2.75, 3.05) is 11.9 Å². The third kappa shape index (κ3) is 3.25. The minimum Gasteiger partial charge on any atom is -0.478 e. The van der Waals surface area contributed by atoms with Crippen molar-refractivity contribution < 1.29 is 19.4 Å². The van der Waals surface area contributed by atoms with Gasteiger partial charge in [0, 0.05) is 12.7 Å². The van der Waals surface area contributed by atoms with Gasteiger partial charge in [-0.25, -0.2) is 14.2 Å². The fourth-order valence-electron chi connectivity index (χ4n) is 2.46. The molecule has 0 radical (unpaired) electrons. The second-order valence-electron chi connectivity index (χ2n) is 5.59. The van der Waals surface area contributed by atoms with Gasteiger partial charge in [-0.05, 0) is 37.7 Å². The van der Waals surface area contributed by atoms with Crippen LogP contribution in [0.1, 0.15) is 43.0 Å². The number of aliphatic hydroxyl groups is 1. The zero-order valence-corrected chi connectivity index (χ0v) is 11.4. The van der Waals surface area contributed by atoms with E-state index < -0.39 is 23.0 Å². The van der Waals surface area contributed by atoms with Crippen molar-refractivity contribution >= 4 is 11.8 Å². The van der Waals surface area contributed by atoms with Gasteiger partial charge in [-0.2, -0.15) is 0 Å². The number of aromatic carboxylic acids is 1. The lowest BCUT2D eigenvalue weighted by Crippen LogP contribution is -2.40. The summed E-state index contributed by atoms with van der Waals surface area (Å²) in [4.78, 5) is 14.6. The number of carboxylic acids is 1. The van der Waals surface area contributed by atoms with Gasteiger partial charge < -0.3 is 15.5 Å². The third-order valence-corrected chi connectivity index (χ3v) is 3.91. The summed E-state index contributed by atoms with van der Waals surface area (Å²) in [6.07, 6.45) is 4.41. The number of hydrogen-bond acceptors (Lipinski definition) is 4. The van der Waals surface area contributed by atoms with Crippen molar-refractivity contribution in [2.45, 2.75) is 38.2 Å². The van der Waals surface area contributed by atoms with E-state index in [1.165, 1.54) is 6.20 Å². The quantitative estimate of drug-likeness (QED) is 0.789. The van der Waals surface area contributed by atoms with Gasteiger partial charge in [-0.15, -0.1) is 0 Å². The molecule has 3 N–H and O–H groups in total. The minimum atomic E-state index is -1.34. The maximum absolute atomic E-state index is 13.9. The van der Waals surface area contributed by atoms with E-state index in [0.29, 0.717) is 18.8 Å². The van der Waals surface area contributed by atoms with Crippen molar-refractivity contribution in [2.24, 2.45) is 5.92 Å². The van der Waals surface area contributed by atoms with E-state index in [-0.39, 0.29) is 12.4 Å². The molecule has 0 aliphatic heterocycles. The lowest BCUT2D eigenvalue weighted by molar-refractivity contribution is 0.00490. The number of rotatable bonds is 4. The maximum Gasteiger partial charge on any atom is 0.338 e. The molecule has 1 aliphatic rings. The summed E-state index contributed by atoms with van der Waals surface area (Å²) in [5, 5.41) is 22.0. The summed E-state index contributed by atoms with van der Waals surface area (Å²) in [5.74, 6) is -1.76. The number of carbonyl (C=O) groups is 1. The topological polar surface area (TPSA) is 82.5 Å². The summed E-state index contributed by atoms with van der Waals surface area (Å²) in [7, 11) is 0. The van der Waals surface area contributed by atoms with Crippen molar-refractivity contribution in [3.05, 3.63) is 23.6 Å². The molecule has 1 saturated carbocycles. The molecule has 0 unspecified atom stereocenters. The normalized spacial score (nSPS) is 26.2. The first-order chi connectivity index (χ1) is 9.41. The molecule has 20 heavy (non-hydrogen) atoms. The van der Waals surface area contributed by atoms with Crippen LogP contribution in [-0.2, 0) is 0 Å². The molecule has 2 rings (SSSR count). The highest BCUT2D eigenvalue weighted by Crippen LogP contribution is 2.32. The van der Waals surface area contributed by atoms with E-state index in [4.69, 9.17) is 5.11 Å². The van der Waals surface area contributed by atoms with Gasteiger partial charge in [-0.1, -0.05) is 6.92 Å². The second kappa shape index (κ2) is 5.75. The highest BCUT2D eigenvalue weighted by atomic mass is 19.1. The van der Waals surface area contributed by atoms with Crippen LogP contribution in [0.15, 0.2) is 12.3 Å². The first-order valence-electron chi connectivity index (χ1n) is 6.75. The highest BCUT2D eigenvalue weighted by Gasteiger charge is 2.32. The van der Waals surface area contributed by atoms with Gasteiger partial charge in [0.25, 0.3) is 0 Å². The SMILES string of the molecule is CC1CCC(O)(CNc2nccc(C(=O)O)c2F)CC1. The van der Waals surface area contributed by atoms with Crippen LogP contribution in [0.25, 0.3) is 0 Å². The number of nitrogens with zero attached hydrogens (tertiary/aromatic N) is 1. The highest BCUT2D eigenvalue weighted by molar-refractivity contribution is 5.88. The maximum atomic E-state index is 13.9. The van der Waals surface area contributed by atoms with Crippen LogP contribution in [0.4, 0.5) is 10.2 Å². The number of halogens is 1. The molecule has 1 aromatic heterocycles. The number of pyridine rings is 1. The Hall–Kier alpha value is -1.69. The van der Waals surface area contributed by atoms with Gasteiger partial charge in [0.1, 0.15) is 5.56 Å². The van der Waals surface area contributed by atoms with Gasteiger partial charge in [-0.3, -0.25) is 0 Å². The molecule has 0 atom stereocenters. The van der Waals surface area contributed by atoms with Crippen LogP contribution in [0.2, 0.25) is 0 Å². The Morgan fingerprint density at radius 1 is 1.55 bits per heavy atom. The summed E-state index contributed by atoms with van der Waals surface area (Å²) < 4.78 is 13.9. The van der Waals surface area contributed by atoms with E-state index in [2.05, 4.69) is 17.2 Å². The molecule has 1 fully saturated rings. The predicted molar refractivity (Wildman–Crippen MR) is 72.2 cm³/mol. The molecule has 0 bridgehead atoms. The number of nitrogens with one attached hydrogen (secondary N) is 1. The zero-order valence-electron chi connectivity index (χ0n) is 11.4. The molecule has 1 aliphatic carbocycles. The van der Waals surface area contributed by atoms with Crippen molar-refractivity contribution in [3.8, 4) is 0 Å². The Morgan fingerprint density at radius 2 is 2.20 bits per heavy atom. The molecule has 0 amide bonds. The largest absolute Gasteiger partial charge is 0.478 e. The fraction of sp³-hybridized carbons (Fsp3) is 0.571. The molecule has 0 aromatic carbocycles. The Kier molecular flexibility index (Phi) is 4.23.